The minimum Gasteiger partial charge on any atom is -0.495 e. The first-order valence-electron chi connectivity index (χ1n) is 7.74. The second-order valence-corrected chi connectivity index (χ2v) is 6.91. The third-order valence-electron chi connectivity index (χ3n) is 4.86. The molecule has 0 fully saturated rings. The number of allylic oxidation sites excluding steroid dienone is 2. The molecule has 2 aliphatic rings. The van der Waals surface area contributed by atoms with Gasteiger partial charge >= 0.3 is 0 Å². The Balaban J connectivity index is 1.86. The highest BCUT2D eigenvalue weighted by Crippen LogP contribution is 2.54. The average Bonchev–Trinajstić information content (AvgIpc) is 3.03. The Hall–Kier alpha value is -1.64. The molecule has 23 heavy (non-hydrogen) atoms. The summed E-state index contributed by atoms with van der Waals surface area (Å²) in [5.41, 5.74) is 3.34. The molecule has 0 amide bonds. The first-order valence-corrected chi connectivity index (χ1v) is 8.49. The van der Waals surface area contributed by atoms with Crippen LogP contribution in [0.25, 0.3) is 0 Å². The van der Waals surface area contributed by atoms with Gasteiger partial charge in [-0.2, -0.15) is 0 Å². The predicted octanol–water partition coefficient (Wildman–Crippen LogP) is 5.83. The molecule has 1 N–H and O–H groups in total. The SMILES string of the molecule is COc1ccc(Cl)c2c1N[C@H](c1cccc(Cl)c1)C1CC=CC21. The van der Waals surface area contributed by atoms with Crippen LogP contribution in [-0.2, 0) is 0 Å². The number of benzene rings is 2. The van der Waals surface area contributed by atoms with Crippen LogP contribution in [0.2, 0.25) is 10.0 Å². The van der Waals surface area contributed by atoms with E-state index in [0.717, 1.165) is 33.5 Å². The van der Waals surface area contributed by atoms with Crippen molar-refractivity contribution in [3.63, 3.8) is 0 Å². The van der Waals surface area contributed by atoms with Gasteiger partial charge in [0.25, 0.3) is 0 Å². The number of methoxy groups -OCH3 is 1. The fraction of sp³-hybridized carbons (Fsp3) is 0.263. The second-order valence-electron chi connectivity index (χ2n) is 6.07. The summed E-state index contributed by atoms with van der Waals surface area (Å²) in [6.45, 7) is 0. The lowest BCUT2D eigenvalue weighted by Gasteiger charge is -2.38. The van der Waals surface area contributed by atoms with Crippen LogP contribution in [-0.4, -0.2) is 7.11 Å². The molecule has 1 aliphatic carbocycles. The minimum atomic E-state index is 0.188. The molecule has 0 spiro atoms. The lowest BCUT2D eigenvalue weighted by Crippen LogP contribution is -2.29. The molecule has 1 heterocycles. The highest BCUT2D eigenvalue weighted by atomic mass is 35.5. The lowest BCUT2D eigenvalue weighted by atomic mass is 9.77. The molecule has 2 nitrogen and oxygen atoms in total. The van der Waals surface area contributed by atoms with Gasteiger partial charge in [-0.05, 0) is 42.2 Å². The summed E-state index contributed by atoms with van der Waals surface area (Å²) in [6.07, 6.45) is 5.55. The molecule has 2 aromatic rings. The average molecular weight is 346 g/mol. The van der Waals surface area contributed by atoms with Crippen molar-refractivity contribution >= 4 is 28.9 Å². The van der Waals surface area contributed by atoms with Crippen molar-refractivity contribution in [2.45, 2.75) is 18.4 Å². The molecular weight excluding hydrogens is 329 g/mol. The van der Waals surface area contributed by atoms with Gasteiger partial charge < -0.3 is 10.1 Å². The molecular formula is C19H17Cl2NO. The van der Waals surface area contributed by atoms with Gasteiger partial charge in [0, 0.05) is 21.5 Å². The van der Waals surface area contributed by atoms with E-state index in [0.29, 0.717) is 11.8 Å². The van der Waals surface area contributed by atoms with E-state index in [9.17, 15) is 0 Å². The molecule has 2 unspecified atom stereocenters. The largest absolute Gasteiger partial charge is 0.495 e. The van der Waals surface area contributed by atoms with Crippen molar-refractivity contribution in [3.8, 4) is 5.75 Å². The maximum absolute atomic E-state index is 6.51. The van der Waals surface area contributed by atoms with E-state index >= 15 is 0 Å². The summed E-state index contributed by atoms with van der Waals surface area (Å²) in [5, 5.41) is 5.22. The van der Waals surface area contributed by atoms with E-state index in [4.69, 9.17) is 27.9 Å². The van der Waals surface area contributed by atoms with Gasteiger partial charge in [-0.25, -0.2) is 0 Å². The van der Waals surface area contributed by atoms with Crippen molar-refractivity contribution in [2.24, 2.45) is 5.92 Å². The summed E-state index contributed by atoms with van der Waals surface area (Å²) in [4.78, 5) is 0. The lowest BCUT2D eigenvalue weighted by molar-refractivity contribution is 0.397. The van der Waals surface area contributed by atoms with E-state index in [1.807, 2.05) is 30.3 Å². The fourth-order valence-corrected chi connectivity index (χ4v) is 4.32. The first-order chi connectivity index (χ1) is 11.2. The van der Waals surface area contributed by atoms with Crippen molar-refractivity contribution in [1.82, 2.24) is 0 Å². The van der Waals surface area contributed by atoms with Crippen LogP contribution in [0.5, 0.6) is 5.75 Å². The Bertz CT molecular complexity index is 787. The van der Waals surface area contributed by atoms with Gasteiger partial charge in [0.05, 0.1) is 18.8 Å². The first kappa shape index (κ1) is 14.9. The molecule has 118 valence electrons. The Kier molecular flexibility index (Phi) is 3.74. The smallest absolute Gasteiger partial charge is 0.142 e. The molecule has 0 saturated carbocycles. The number of halogens is 2. The minimum absolute atomic E-state index is 0.188. The quantitative estimate of drug-likeness (QED) is 0.691. The Morgan fingerprint density at radius 1 is 1.17 bits per heavy atom. The molecule has 1 aliphatic heterocycles. The molecule has 0 radical (unpaired) electrons. The van der Waals surface area contributed by atoms with E-state index in [1.54, 1.807) is 7.11 Å². The number of nitrogens with one attached hydrogen (secondary N) is 1. The highest BCUT2D eigenvalue weighted by molar-refractivity contribution is 6.32. The third-order valence-corrected chi connectivity index (χ3v) is 5.42. The number of hydrogen-bond donors (Lipinski definition) is 1. The van der Waals surface area contributed by atoms with Gasteiger partial charge in [-0.1, -0.05) is 47.5 Å². The fourth-order valence-electron chi connectivity index (χ4n) is 3.84. The van der Waals surface area contributed by atoms with Crippen molar-refractivity contribution in [2.75, 3.05) is 12.4 Å². The van der Waals surface area contributed by atoms with Crippen molar-refractivity contribution in [3.05, 3.63) is 69.7 Å². The molecule has 2 aromatic carbocycles. The molecule has 3 atom stereocenters. The van der Waals surface area contributed by atoms with E-state index in [1.165, 1.54) is 5.56 Å². The molecule has 0 saturated heterocycles. The molecule has 4 rings (SSSR count). The van der Waals surface area contributed by atoms with Gasteiger partial charge in [-0.15, -0.1) is 0 Å². The highest BCUT2D eigenvalue weighted by Gasteiger charge is 2.40. The van der Waals surface area contributed by atoms with Gasteiger partial charge in [-0.3, -0.25) is 0 Å². The van der Waals surface area contributed by atoms with Crippen LogP contribution >= 0.6 is 23.2 Å². The Morgan fingerprint density at radius 2 is 2.04 bits per heavy atom. The monoisotopic (exact) mass is 345 g/mol. The zero-order chi connectivity index (χ0) is 16.0. The topological polar surface area (TPSA) is 21.3 Å². The van der Waals surface area contributed by atoms with Gasteiger partial charge in [0.1, 0.15) is 5.75 Å². The molecule has 4 heteroatoms. The third kappa shape index (κ3) is 2.41. The summed E-state index contributed by atoms with van der Waals surface area (Å²) in [6, 6.07) is 12.1. The van der Waals surface area contributed by atoms with Crippen LogP contribution in [0.15, 0.2) is 48.6 Å². The van der Waals surface area contributed by atoms with Crippen LogP contribution in [0, 0.1) is 5.92 Å². The Morgan fingerprint density at radius 3 is 2.83 bits per heavy atom. The maximum atomic E-state index is 6.51. The van der Waals surface area contributed by atoms with Crippen LogP contribution in [0.3, 0.4) is 0 Å². The predicted molar refractivity (Wildman–Crippen MR) is 95.8 cm³/mol. The van der Waals surface area contributed by atoms with Crippen LogP contribution in [0.4, 0.5) is 5.69 Å². The zero-order valence-corrected chi connectivity index (χ0v) is 14.2. The van der Waals surface area contributed by atoms with Crippen molar-refractivity contribution in [1.29, 1.82) is 0 Å². The Labute approximate surface area is 146 Å². The number of fused-ring (bicyclic) bond motifs is 3. The van der Waals surface area contributed by atoms with Crippen molar-refractivity contribution < 1.29 is 4.74 Å². The summed E-state index contributed by atoms with van der Waals surface area (Å²) in [5.74, 6) is 1.57. The van der Waals surface area contributed by atoms with Gasteiger partial charge in [0.2, 0.25) is 0 Å². The van der Waals surface area contributed by atoms with E-state index in [2.05, 4.69) is 23.5 Å². The second kappa shape index (κ2) is 5.77. The standard InChI is InChI=1S/C19H17Cl2NO/c1-23-16-9-8-15(21)17-13-6-3-7-14(13)18(22-19(16)17)11-4-2-5-12(20)10-11/h2-6,8-10,13-14,18,22H,7H2,1H3/t13?,14?,18-/m1/s1. The maximum Gasteiger partial charge on any atom is 0.142 e. The van der Waals surface area contributed by atoms with E-state index < -0.39 is 0 Å². The number of anilines is 1. The van der Waals surface area contributed by atoms with Crippen LogP contribution < -0.4 is 10.1 Å². The zero-order valence-electron chi connectivity index (χ0n) is 12.7. The summed E-state index contributed by atoms with van der Waals surface area (Å²) < 4.78 is 5.55. The van der Waals surface area contributed by atoms with Gasteiger partial charge in [0.15, 0.2) is 0 Å². The summed E-state index contributed by atoms with van der Waals surface area (Å²) >= 11 is 12.7. The van der Waals surface area contributed by atoms with E-state index in [-0.39, 0.29) is 6.04 Å². The number of ether oxygens (including phenoxy) is 1. The molecule has 0 bridgehead atoms. The van der Waals surface area contributed by atoms with Crippen LogP contribution in [0.1, 0.15) is 29.5 Å². The molecule has 0 aromatic heterocycles. The number of rotatable bonds is 2. The number of hydrogen-bond acceptors (Lipinski definition) is 2. The normalized spacial score (nSPS) is 24.7. The summed E-state index contributed by atoms with van der Waals surface area (Å²) in [7, 11) is 1.69.